The van der Waals surface area contributed by atoms with Crippen molar-refractivity contribution in [3.63, 3.8) is 0 Å². The molecule has 0 aliphatic heterocycles. The van der Waals surface area contributed by atoms with Crippen molar-refractivity contribution < 1.29 is 22.4 Å². The van der Waals surface area contributed by atoms with Gasteiger partial charge in [-0.25, -0.2) is 12.8 Å². The summed E-state index contributed by atoms with van der Waals surface area (Å²) in [5.74, 6) is -1.65. The van der Waals surface area contributed by atoms with Crippen molar-refractivity contribution >= 4 is 50.7 Å². The first-order chi connectivity index (χ1) is 18.7. The molecule has 0 saturated heterocycles. The van der Waals surface area contributed by atoms with E-state index in [2.05, 4.69) is 5.32 Å². The third kappa shape index (κ3) is 7.74. The van der Waals surface area contributed by atoms with Gasteiger partial charge in [-0.2, -0.15) is 0 Å². The Morgan fingerprint density at radius 2 is 1.50 bits per heavy atom. The van der Waals surface area contributed by atoms with E-state index in [-0.39, 0.29) is 23.5 Å². The van der Waals surface area contributed by atoms with E-state index in [0.717, 1.165) is 28.6 Å². The molecule has 3 aromatic carbocycles. The minimum atomic E-state index is -4.30. The predicted octanol–water partition coefficient (Wildman–Crippen LogP) is 6.05. The molecule has 0 radical (unpaired) electrons. The van der Waals surface area contributed by atoms with Crippen LogP contribution in [0.1, 0.15) is 39.7 Å². The van der Waals surface area contributed by atoms with Crippen LogP contribution in [0.4, 0.5) is 10.1 Å². The molecule has 0 fully saturated rings. The number of sulfonamides is 1. The summed E-state index contributed by atoms with van der Waals surface area (Å²) in [4.78, 5) is 28.5. The molecule has 214 valence electrons. The number of para-hydroxylation sites is 1. The molecule has 11 heteroatoms. The summed E-state index contributed by atoms with van der Waals surface area (Å²) in [5, 5.41) is 3.50. The van der Waals surface area contributed by atoms with Crippen LogP contribution in [0.5, 0.6) is 0 Å². The van der Waals surface area contributed by atoms with Crippen LogP contribution >= 0.6 is 23.2 Å². The third-order valence-electron chi connectivity index (χ3n) is 6.00. The number of anilines is 1. The first-order valence-electron chi connectivity index (χ1n) is 12.6. The zero-order valence-corrected chi connectivity index (χ0v) is 25.0. The standard InChI is InChI=1S/C29H32Cl2FN3O4S/c1-5-26(28(37)33-29(2,3)4)34(18-23-24(30)12-9-13-25(23)31)27(36)19-35(21-10-7-6-8-11-21)40(38,39)22-16-14-20(32)15-17-22/h6-17,26H,5,18-19H2,1-4H3,(H,33,37)/t26-/m1/s1. The van der Waals surface area contributed by atoms with E-state index in [1.54, 1.807) is 55.5 Å². The zero-order chi connectivity index (χ0) is 29.7. The molecule has 0 spiro atoms. The Balaban J connectivity index is 2.09. The molecular formula is C29H32Cl2FN3O4S. The van der Waals surface area contributed by atoms with E-state index in [4.69, 9.17) is 23.2 Å². The van der Waals surface area contributed by atoms with Crippen LogP contribution < -0.4 is 9.62 Å². The van der Waals surface area contributed by atoms with Gasteiger partial charge >= 0.3 is 0 Å². The van der Waals surface area contributed by atoms with Gasteiger partial charge in [0.05, 0.1) is 10.6 Å². The van der Waals surface area contributed by atoms with E-state index in [0.29, 0.717) is 15.6 Å². The van der Waals surface area contributed by atoms with Gasteiger partial charge in [0.15, 0.2) is 0 Å². The Bertz CT molecular complexity index is 1430. The summed E-state index contributed by atoms with van der Waals surface area (Å²) in [7, 11) is -4.30. The number of carbonyl (C=O) groups is 2. The number of benzene rings is 3. The van der Waals surface area contributed by atoms with Crippen molar-refractivity contribution in [3.8, 4) is 0 Å². The van der Waals surface area contributed by atoms with Crippen LogP contribution in [0.25, 0.3) is 0 Å². The Morgan fingerprint density at radius 3 is 2.02 bits per heavy atom. The highest BCUT2D eigenvalue weighted by molar-refractivity contribution is 7.92. The fraction of sp³-hybridized carbons (Fsp3) is 0.310. The van der Waals surface area contributed by atoms with Gasteiger partial charge in [-0.3, -0.25) is 13.9 Å². The molecule has 7 nitrogen and oxygen atoms in total. The Hall–Kier alpha value is -3.14. The summed E-state index contributed by atoms with van der Waals surface area (Å²) in [6.07, 6.45) is 0.242. The fourth-order valence-electron chi connectivity index (χ4n) is 4.08. The summed E-state index contributed by atoms with van der Waals surface area (Å²) < 4.78 is 42.0. The van der Waals surface area contributed by atoms with Crippen LogP contribution in [0, 0.1) is 5.82 Å². The molecule has 0 saturated carbocycles. The summed E-state index contributed by atoms with van der Waals surface area (Å²) in [5.41, 5.74) is 0.0698. The highest BCUT2D eigenvalue weighted by Crippen LogP contribution is 2.29. The molecule has 0 aliphatic carbocycles. The second kappa shape index (κ2) is 13.0. The molecule has 0 aliphatic rings. The lowest BCUT2D eigenvalue weighted by atomic mass is 10.1. The molecular weight excluding hydrogens is 576 g/mol. The fourth-order valence-corrected chi connectivity index (χ4v) is 6.01. The van der Waals surface area contributed by atoms with Gasteiger partial charge in [0, 0.05) is 27.7 Å². The molecule has 1 N–H and O–H groups in total. The SMILES string of the molecule is CC[C@H](C(=O)NC(C)(C)C)N(Cc1c(Cl)cccc1Cl)C(=O)CN(c1ccccc1)S(=O)(=O)c1ccc(F)cc1. The zero-order valence-electron chi connectivity index (χ0n) is 22.7. The Kier molecular flexibility index (Phi) is 10.2. The molecule has 3 rings (SSSR count). The second-order valence-corrected chi connectivity index (χ2v) is 12.9. The van der Waals surface area contributed by atoms with Crippen LogP contribution in [0.15, 0.2) is 77.7 Å². The lowest BCUT2D eigenvalue weighted by Crippen LogP contribution is -2.55. The minimum absolute atomic E-state index is 0.132. The summed E-state index contributed by atoms with van der Waals surface area (Å²) >= 11 is 12.8. The number of rotatable bonds is 10. The van der Waals surface area contributed by atoms with Gasteiger partial charge < -0.3 is 10.2 Å². The van der Waals surface area contributed by atoms with Crippen molar-refractivity contribution in [2.24, 2.45) is 0 Å². The molecule has 2 amide bonds. The summed E-state index contributed by atoms with van der Waals surface area (Å²) in [6, 6.07) is 16.4. The molecule has 0 heterocycles. The van der Waals surface area contributed by atoms with E-state index in [1.165, 1.54) is 4.90 Å². The van der Waals surface area contributed by atoms with Crippen LogP contribution in [0.3, 0.4) is 0 Å². The molecule has 40 heavy (non-hydrogen) atoms. The Morgan fingerprint density at radius 1 is 0.925 bits per heavy atom. The molecule has 0 unspecified atom stereocenters. The van der Waals surface area contributed by atoms with E-state index >= 15 is 0 Å². The number of nitrogens with zero attached hydrogens (tertiary/aromatic N) is 2. The van der Waals surface area contributed by atoms with Gasteiger partial charge in [0.1, 0.15) is 18.4 Å². The number of amides is 2. The average molecular weight is 609 g/mol. The van der Waals surface area contributed by atoms with Crippen molar-refractivity contribution in [1.29, 1.82) is 0 Å². The summed E-state index contributed by atoms with van der Waals surface area (Å²) in [6.45, 7) is 6.45. The van der Waals surface area contributed by atoms with Crippen LogP contribution in [-0.2, 0) is 26.2 Å². The third-order valence-corrected chi connectivity index (χ3v) is 8.50. The van der Waals surface area contributed by atoms with Gasteiger partial charge in [-0.1, -0.05) is 54.4 Å². The van der Waals surface area contributed by atoms with E-state index in [1.807, 2.05) is 20.8 Å². The lowest BCUT2D eigenvalue weighted by Gasteiger charge is -2.35. The number of hydrogen-bond acceptors (Lipinski definition) is 4. The second-order valence-electron chi connectivity index (χ2n) is 10.2. The number of carbonyl (C=O) groups excluding carboxylic acids is 2. The van der Waals surface area contributed by atoms with Gasteiger partial charge in [-0.15, -0.1) is 0 Å². The van der Waals surface area contributed by atoms with Crippen molar-refractivity contribution in [2.45, 2.75) is 57.1 Å². The Labute approximate surface area is 244 Å². The first-order valence-corrected chi connectivity index (χ1v) is 14.8. The number of hydrogen-bond donors (Lipinski definition) is 1. The smallest absolute Gasteiger partial charge is 0.264 e. The molecule has 0 bridgehead atoms. The van der Waals surface area contributed by atoms with Gasteiger partial charge in [0.2, 0.25) is 11.8 Å². The predicted molar refractivity (Wildman–Crippen MR) is 156 cm³/mol. The van der Waals surface area contributed by atoms with Crippen molar-refractivity contribution in [2.75, 3.05) is 10.8 Å². The number of halogens is 3. The van der Waals surface area contributed by atoms with E-state index in [9.17, 15) is 22.4 Å². The maximum atomic E-state index is 14.1. The molecule has 3 aromatic rings. The van der Waals surface area contributed by atoms with Crippen molar-refractivity contribution in [1.82, 2.24) is 10.2 Å². The van der Waals surface area contributed by atoms with E-state index < -0.39 is 45.8 Å². The molecule has 0 aromatic heterocycles. The first kappa shape index (κ1) is 31.4. The van der Waals surface area contributed by atoms with Gasteiger partial charge in [-0.05, 0) is 75.7 Å². The topological polar surface area (TPSA) is 86.8 Å². The highest BCUT2D eigenvalue weighted by Gasteiger charge is 2.35. The van der Waals surface area contributed by atoms with Crippen molar-refractivity contribution in [3.05, 3.63) is 94.2 Å². The van der Waals surface area contributed by atoms with Gasteiger partial charge in [0.25, 0.3) is 10.0 Å². The molecule has 1 atom stereocenters. The minimum Gasteiger partial charge on any atom is -0.350 e. The normalized spacial score (nSPS) is 12.5. The lowest BCUT2D eigenvalue weighted by molar-refractivity contribution is -0.141. The van der Waals surface area contributed by atoms with Crippen LogP contribution in [0.2, 0.25) is 10.0 Å². The average Bonchev–Trinajstić information content (AvgIpc) is 2.88. The maximum absolute atomic E-state index is 14.1. The highest BCUT2D eigenvalue weighted by atomic mass is 35.5. The van der Waals surface area contributed by atoms with Crippen LogP contribution in [-0.4, -0.2) is 43.3 Å². The largest absolute Gasteiger partial charge is 0.350 e. The monoisotopic (exact) mass is 607 g/mol. The number of nitrogens with one attached hydrogen (secondary N) is 1. The quantitative estimate of drug-likeness (QED) is 0.304. The maximum Gasteiger partial charge on any atom is 0.264 e.